The molecule has 0 saturated carbocycles. The molecule has 0 saturated heterocycles. The van der Waals surface area contributed by atoms with E-state index >= 15 is 0 Å². The molecule has 0 amide bonds. The van der Waals surface area contributed by atoms with E-state index in [9.17, 15) is 16.8 Å². The molecule has 0 aliphatic rings. The molecule has 2 atom stereocenters. The number of unbranched alkanes of at least 4 members (excludes halogenated alkanes) is 2. The fourth-order valence-electron chi connectivity index (χ4n) is 2.63. The normalized spacial score (nSPS) is 15.5. The van der Waals surface area contributed by atoms with E-state index in [1.54, 1.807) is 0 Å². The summed E-state index contributed by atoms with van der Waals surface area (Å²) in [5.41, 5.74) is 0. The molecule has 0 aliphatic carbocycles. The lowest BCUT2D eigenvalue weighted by Gasteiger charge is -2.16. The van der Waals surface area contributed by atoms with Gasteiger partial charge in [0.15, 0.2) is 0 Å². The highest BCUT2D eigenvalue weighted by Crippen LogP contribution is 2.18. The zero-order valence-electron chi connectivity index (χ0n) is 15.1. The minimum absolute atomic E-state index is 0.0130. The Morgan fingerprint density at radius 3 is 1.30 bits per heavy atom. The monoisotopic (exact) mass is 368 g/mol. The summed E-state index contributed by atoms with van der Waals surface area (Å²) in [7, 11) is -7.84. The maximum atomic E-state index is 12.1. The summed E-state index contributed by atoms with van der Waals surface area (Å²) >= 11 is 0. The summed E-state index contributed by atoms with van der Waals surface area (Å²) in [4.78, 5) is 0. The van der Waals surface area contributed by atoms with Crippen molar-refractivity contribution in [3.05, 3.63) is 0 Å². The van der Waals surface area contributed by atoms with Crippen molar-refractivity contribution in [2.75, 3.05) is 11.5 Å². The van der Waals surface area contributed by atoms with Gasteiger partial charge in [0, 0.05) is 4.13 Å². The van der Waals surface area contributed by atoms with Crippen LogP contribution in [0.25, 0.3) is 0 Å². The van der Waals surface area contributed by atoms with Crippen LogP contribution in [0.5, 0.6) is 0 Å². The molecule has 0 fully saturated rings. The van der Waals surface area contributed by atoms with Crippen molar-refractivity contribution in [3.8, 4) is 0 Å². The van der Waals surface area contributed by atoms with Crippen LogP contribution in [0.3, 0.4) is 0 Å². The van der Waals surface area contributed by atoms with Crippen molar-refractivity contribution >= 4 is 20.0 Å². The standard InChI is InChI=1S/C16H34NO4S2/c1-5-9-11-15(7-3)13-22(18,19)17-23(20,21)14-16(8-4)12-10-6-2/h15-16H,5-14H2,1-4H3. The lowest BCUT2D eigenvalue weighted by molar-refractivity contribution is 0.477. The average Bonchev–Trinajstić information content (AvgIpc) is 2.46. The van der Waals surface area contributed by atoms with Crippen molar-refractivity contribution in [3.63, 3.8) is 0 Å². The highest BCUT2D eigenvalue weighted by molar-refractivity contribution is 8.04. The first kappa shape index (κ1) is 22.9. The van der Waals surface area contributed by atoms with Crippen LogP contribution in [0, 0.1) is 11.8 Å². The highest BCUT2D eigenvalue weighted by atomic mass is 32.3. The number of hydrogen-bond donors (Lipinski definition) is 0. The third-order valence-electron chi connectivity index (χ3n) is 4.21. The third kappa shape index (κ3) is 11.1. The Labute approximate surface area is 143 Å². The van der Waals surface area contributed by atoms with E-state index in [4.69, 9.17) is 0 Å². The van der Waals surface area contributed by atoms with Crippen LogP contribution in [0.1, 0.15) is 79.1 Å². The van der Waals surface area contributed by atoms with Crippen LogP contribution in [0.2, 0.25) is 0 Å². The third-order valence-corrected chi connectivity index (χ3v) is 7.81. The second kappa shape index (κ2) is 11.4. The minimum atomic E-state index is -3.92. The molecule has 2 unspecified atom stereocenters. The molecule has 0 aromatic carbocycles. The summed E-state index contributed by atoms with van der Waals surface area (Å²) in [5, 5.41) is 0. The van der Waals surface area contributed by atoms with Gasteiger partial charge in [-0.3, -0.25) is 0 Å². The quantitative estimate of drug-likeness (QED) is 0.468. The Morgan fingerprint density at radius 1 is 0.696 bits per heavy atom. The lowest BCUT2D eigenvalue weighted by Crippen LogP contribution is -2.32. The molecule has 0 aromatic rings. The van der Waals surface area contributed by atoms with Crippen LogP contribution in [-0.2, 0) is 20.0 Å². The topological polar surface area (TPSA) is 82.4 Å². The summed E-state index contributed by atoms with van der Waals surface area (Å²) in [5.74, 6) is -0.342. The van der Waals surface area contributed by atoms with Gasteiger partial charge in [-0.25, -0.2) is 16.8 Å². The predicted molar refractivity (Wildman–Crippen MR) is 96.3 cm³/mol. The second-order valence-electron chi connectivity index (χ2n) is 6.40. The summed E-state index contributed by atoms with van der Waals surface area (Å²) < 4.78 is 51.7. The minimum Gasteiger partial charge on any atom is -0.210 e. The molecule has 0 spiro atoms. The number of rotatable bonds is 14. The van der Waals surface area contributed by atoms with Gasteiger partial charge in [-0.15, -0.1) is 0 Å². The fourth-order valence-corrected chi connectivity index (χ4v) is 6.49. The van der Waals surface area contributed by atoms with E-state index < -0.39 is 20.0 Å². The maximum absolute atomic E-state index is 12.1. The molecule has 0 rings (SSSR count). The second-order valence-corrected chi connectivity index (χ2v) is 10.00. The van der Waals surface area contributed by atoms with Crippen molar-refractivity contribution in [1.82, 2.24) is 4.13 Å². The van der Waals surface area contributed by atoms with Crippen LogP contribution < -0.4 is 4.13 Å². The molecule has 5 nitrogen and oxygen atoms in total. The van der Waals surface area contributed by atoms with E-state index in [1.807, 2.05) is 13.8 Å². The van der Waals surface area contributed by atoms with Crippen LogP contribution in [0.15, 0.2) is 0 Å². The summed E-state index contributed by atoms with van der Waals surface area (Å²) in [6.07, 6.45) is 6.96. The Hall–Kier alpha value is -0.140. The Kier molecular flexibility index (Phi) is 11.4. The zero-order chi connectivity index (χ0) is 17.9. The fraction of sp³-hybridized carbons (Fsp3) is 1.00. The SMILES string of the molecule is CCCCC(CC)CS(=O)(=O)[N]S(=O)(=O)CC(CC)CCCC. The summed E-state index contributed by atoms with van der Waals surface area (Å²) in [6, 6.07) is 0. The van der Waals surface area contributed by atoms with Gasteiger partial charge in [0.1, 0.15) is 0 Å². The molecular weight excluding hydrogens is 334 g/mol. The molecule has 0 aromatic heterocycles. The molecule has 1 radical (unpaired) electrons. The van der Waals surface area contributed by atoms with E-state index in [1.165, 1.54) is 0 Å². The van der Waals surface area contributed by atoms with Crippen molar-refractivity contribution < 1.29 is 16.8 Å². The van der Waals surface area contributed by atoms with Gasteiger partial charge in [0.05, 0.1) is 11.5 Å². The molecule has 0 N–H and O–H groups in total. The van der Waals surface area contributed by atoms with Crippen molar-refractivity contribution in [1.29, 1.82) is 0 Å². The smallest absolute Gasteiger partial charge is 0.210 e. The van der Waals surface area contributed by atoms with Gasteiger partial charge in [-0.1, -0.05) is 66.2 Å². The predicted octanol–water partition coefficient (Wildman–Crippen LogP) is 3.68. The Bertz CT molecular complexity index is 454. The van der Waals surface area contributed by atoms with Gasteiger partial charge in [-0.05, 0) is 24.7 Å². The molecule has 23 heavy (non-hydrogen) atoms. The van der Waals surface area contributed by atoms with Gasteiger partial charge < -0.3 is 0 Å². The first-order chi connectivity index (χ1) is 10.7. The average molecular weight is 369 g/mol. The Morgan fingerprint density at radius 2 is 1.04 bits per heavy atom. The van der Waals surface area contributed by atoms with E-state index in [2.05, 4.69) is 18.0 Å². The van der Waals surface area contributed by atoms with Gasteiger partial charge >= 0.3 is 0 Å². The van der Waals surface area contributed by atoms with Gasteiger partial charge in [0.25, 0.3) is 0 Å². The molecule has 0 heterocycles. The van der Waals surface area contributed by atoms with E-state index in [-0.39, 0.29) is 23.3 Å². The molecule has 7 heteroatoms. The van der Waals surface area contributed by atoms with Crippen molar-refractivity contribution in [2.24, 2.45) is 11.8 Å². The largest absolute Gasteiger partial charge is 0.242 e. The molecule has 139 valence electrons. The van der Waals surface area contributed by atoms with Crippen LogP contribution in [0.4, 0.5) is 0 Å². The summed E-state index contributed by atoms with van der Waals surface area (Å²) in [6.45, 7) is 7.97. The van der Waals surface area contributed by atoms with Gasteiger partial charge in [0.2, 0.25) is 20.0 Å². The molecular formula is C16H34NO4S2. The van der Waals surface area contributed by atoms with Crippen molar-refractivity contribution in [2.45, 2.75) is 79.1 Å². The Balaban J connectivity index is 4.71. The zero-order valence-corrected chi connectivity index (χ0v) is 16.8. The van der Waals surface area contributed by atoms with Gasteiger partial charge in [-0.2, -0.15) is 0 Å². The maximum Gasteiger partial charge on any atom is 0.242 e. The van der Waals surface area contributed by atoms with Crippen LogP contribution >= 0.6 is 0 Å². The first-order valence-corrected chi connectivity index (χ1v) is 12.1. The van der Waals surface area contributed by atoms with E-state index in [0.29, 0.717) is 0 Å². The highest BCUT2D eigenvalue weighted by Gasteiger charge is 2.28. The van der Waals surface area contributed by atoms with E-state index in [0.717, 1.165) is 51.4 Å². The number of hydrogen-bond acceptors (Lipinski definition) is 4. The molecule has 0 aliphatic heterocycles. The molecule has 0 bridgehead atoms. The van der Waals surface area contributed by atoms with Crippen LogP contribution in [-0.4, -0.2) is 28.3 Å². The lowest BCUT2D eigenvalue weighted by atomic mass is 10.0. The number of sulfonamides is 2. The first-order valence-electron chi connectivity index (χ1n) is 8.89. The number of nitrogens with zero attached hydrogens (tertiary/aromatic N) is 1.